The molecule has 0 bridgehead atoms. The van der Waals surface area contributed by atoms with Gasteiger partial charge in [-0.3, -0.25) is 4.79 Å². The highest BCUT2D eigenvalue weighted by atomic mass is 35.5. The van der Waals surface area contributed by atoms with Crippen LogP contribution in [0, 0.1) is 11.7 Å². The van der Waals surface area contributed by atoms with Gasteiger partial charge in [0.1, 0.15) is 5.82 Å². The van der Waals surface area contributed by atoms with Crippen LogP contribution in [0.4, 0.5) is 17.6 Å². The van der Waals surface area contributed by atoms with Gasteiger partial charge in [-0.1, -0.05) is 105 Å². The van der Waals surface area contributed by atoms with Gasteiger partial charge >= 0.3 is 6.18 Å². The van der Waals surface area contributed by atoms with Crippen molar-refractivity contribution in [2.24, 2.45) is 5.92 Å². The number of hydrogen-bond donors (Lipinski definition) is 1. The molecule has 0 heterocycles. The maximum atomic E-state index is 14.1. The molecule has 1 N–H and O–H groups in total. The predicted octanol–water partition coefficient (Wildman–Crippen LogP) is 11.3. The van der Waals surface area contributed by atoms with Crippen LogP contribution in [0.15, 0.2) is 54.6 Å². The second kappa shape index (κ2) is 16.6. The van der Waals surface area contributed by atoms with Crippen molar-refractivity contribution in [2.45, 2.75) is 109 Å². The Bertz CT molecular complexity index is 1120. The summed E-state index contributed by atoms with van der Waals surface area (Å²) < 4.78 is 55.6. The SMILES string of the molecule is C=C(C)CCCCC(CCC)CCCCCC(C)(C(=O)NC(c1ccc(F)cc1)C(F)(F)F)c1ccc(Cl)c(Cl)c1. The third-order valence-electron chi connectivity index (χ3n) is 7.82. The highest BCUT2D eigenvalue weighted by Crippen LogP contribution is 2.38. The molecule has 2 aromatic rings. The summed E-state index contributed by atoms with van der Waals surface area (Å²) >= 11 is 12.3. The zero-order valence-electron chi connectivity index (χ0n) is 24.4. The second-order valence-corrected chi connectivity index (χ2v) is 12.2. The smallest absolute Gasteiger partial charge is 0.340 e. The first-order valence-electron chi connectivity index (χ1n) is 14.5. The highest BCUT2D eigenvalue weighted by Gasteiger charge is 2.45. The molecule has 0 fully saturated rings. The van der Waals surface area contributed by atoms with Crippen molar-refractivity contribution < 1.29 is 22.4 Å². The summed E-state index contributed by atoms with van der Waals surface area (Å²) in [6, 6.07) is 6.43. The van der Waals surface area contributed by atoms with E-state index < -0.39 is 29.4 Å². The number of hydrogen-bond acceptors (Lipinski definition) is 1. The topological polar surface area (TPSA) is 29.1 Å². The summed E-state index contributed by atoms with van der Waals surface area (Å²) in [5.41, 5.74) is 0.174. The molecule has 8 heteroatoms. The molecule has 0 saturated carbocycles. The average Bonchev–Trinajstić information content (AvgIpc) is 2.90. The Morgan fingerprint density at radius 2 is 1.56 bits per heavy atom. The lowest BCUT2D eigenvalue weighted by Crippen LogP contribution is -2.47. The van der Waals surface area contributed by atoms with Gasteiger partial charge in [-0.15, -0.1) is 6.58 Å². The number of amides is 1. The van der Waals surface area contributed by atoms with Crippen molar-refractivity contribution in [1.82, 2.24) is 5.32 Å². The lowest BCUT2D eigenvalue weighted by atomic mass is 9.76. The van der Waals surface area contributed by atoms with Gasteiger partial charge in [-0.05, 0) is 74.4 Å². The Hall–Kier alpha value is -2.05. The first-order valence-corrected chi connectivity index (χ1v) is 15.3. The van der Waals surface area contributed by atoms with Crippen LogP contribution in [0.25, 0.3) is 0 Å². The van der Waals surface area contributed by atoms with E-state index in [-0.39, 0.29) is 10.6 Å². The van der Waals surface area contributed by atoms with E-state index in [1.54, 1.807) is 25.1 Å². The molecule has 0 radical (unpaired) electrons. The van der Waals surface area contributed by atoms with Crippen LogP contribution >= 0.6 is 23.2 Å². The Labute approximate surface area is 252 Å². The van der Waals surface area contributed by atoms with Crippen molar-refractivity contribution >= 4 is 29.1 Å². The summed E-state index contributed by atoms with van der Waals surface area (Å²) in [6.45, 7) is 9.87. The largest absolute Gasteiger partial charge is 0.412 e. The Kier molecular flexibility index (Phi) is 14.2. The van der Waals surface area contributed by atoms with E-state index in [0.717, 1.165) is 62.8 Å². The quantitative estimate of drug-likeness (QED) is 0.107. The molecule has 3 atom stereocenters. The number of benzene rings is 2. The molecule has 1 amide bonds. The Morgan fingerprint density at radius 3 is 2.12 bits per heavy atom. The fourth-order valence-corrected chi connectivity index (χ4v) is 5.62. The maximum absolute atomic E-state index is 14.1. The van der Waals surface area contributed by atoms with Crippen LogP contribution in [0.1, 0.15) is 109 Å². The molecule has 0 spiro atoms. The van der Waals surface area contributed by atoms with Gasteiger partial charge in [0.2, 0.25) is 5.91 Å². The predicted molar refractivity (Wildman–Crippen MR) is 162 cm³/mol. The standard InChI is InChI=1S/C33H43Cl2F4NO/c1-5-11-24(14-9-8-12-23(2)3)13-7-6-10-21-32(4,26-17-20-28(34)29(35)22-26)31(41)40-30(33(37,38)39)25-15-18-27(36)19-16-25/h15-20,22,24,30H,2,5-14,21H2,1,3-4H3,(H,40,41). The Balaban J connectivity index is 2.15. The number of carbonyl (C=O) groups excluding carboxylic acids is 1. The molecular weight excluding hydrogens is 573 g/mol. The average molecular weight is 617 g/mol. The molecule has 3 unspecified atom stereocenters. The molecule has 228 valence electrons. The van der Waals surface area contributed by atoms with Crippen LogP contribution in [0.2, 0.25) is 10.0 Å². The van der Waals surface area contributed by atoms with Crippen LogP contribution in [0.3, 0.4) is 0 Å². The molecule has 2 nitrogen and oxygen atoms in total. The van der Waals surface area contributed by atoms with E-state index in [2.05, 4.69) is 25.7 Å². The molecule has 2 rings (SSSR count). The van der Waals surface area contributed by atoms with Crippen molar-refractivity contribution in [3.8, 4) is 0 Å². The number of unbranched alkanes of at least 4 members (excludes halogenated alkanes) is 3. The zero-order chi connectivity index (χ0) is 30.6. The molecule has 41 heavy (non-hydrogen) atoms. The van der Waals surface area contributed by atoms with Gasteiger partial charge in [0.25, 0.3) is 0 Å². The first kappa shape index (κ1) is 35.1. The molecule has 0 aromatic heterocycles. The van der Waals surface area contributed by atoms with Gasteiger partial charge < -0.3 is 5.32 Å². The van der Waals surface area contributed by atoms with E-state index in [1.165, 1.54) is 24.8 Å². The number of rotatable bonds is 17. The molecule has 2 aromatic carbocycles. The molecule has 0 aliphatic carbocycles. The van der Waals surface area contributed by atoms with E-state index in [4.69, 9.17) is 23.2 Å². The van der Waals surface area contributed by atoms with Gasteiger partial charge in [-0.2, -0.15) is 13.2 Å². The summed E-state index contributed by atoms with van der Waals surface area (Å²) in [5.74, 6) is -0.781. The number of allylic oxidation sites excluding steroid dienone is 1. The lowest BCUT2D eigenvalue weighted by molar-refractivity contribution is -0.165. The first-order chi connectivity index (χ1) is 19.3. The van der Waals surface area contributed by atoms with Crippen molar-refractivity contribution in [3.63, 3.8) is 0 Å². The van der Waals surface area contributed by atoms with Crippen molar-refractivity contribution in [1.29, 1.82) is 0 Å². The van der Waals surface area contributed by atoms with Crippen LogP contribution < -0.4 is 5.32 Å². The van der Waals surface area contributed by atoms with Gasteiger partial charge in [0.05, 0.1) is 15.5 Å². The Morgan fingerprint density at radius 1 is 0.927 bits per heavy atom. The monoisotopic (exact) mass is 615 g/mol. The van der Waals surface area contributed by atoms with Crippen LogP contribution in [-0.2, 0) is 10.2 Å². The zero-order valence-corrected chi connectivity index (χ0v) is 25.9. The summed E-state index contributed by atoms with van der Waals surface area (Å²) in [5, 5.41) is 2.73. The minimum Gasteiger partial charge on any atom is -0.340 e. The van der Waals surface area contributed by atoms with Gasteiger partial charge in [0, 0.05) is 0 Å². The highest BCUT2D eigenvalue weighted by molar-refractivity contribution is 6.42. The van der Waals surface area contributed by atoms with E-state index in [0.29, 0.717) is 29.3 Å². The number of alkyl halides is 3. The molecule has 0 aliphatic rings. The summed E-state index contributed by atoms with van der Waals surface area (Å²) in [7, 11) is 0. The number of carbonyl (C=O) groups is 1. The second-order valence-electron chi connectivity index (χ2n) is 11.4. The van der Waals surface area contributed by atoms with Crippen LogP contribution in [-0.4, -0.2) is 12.1 Å². The summed E-state index contributed by atoms with van der Waals surface area (Å²) in [6.07, 6.45) is 6.06. The van der Waals surface area contributed by atoms with Crippen molar-refractivity contribution in [2.75, 3.05) is 0 Å². The minimum atomic E-state index is -4.77. The number of halogens is 6. The normalized spacial score (nSPS) is 14.8. The fourth-order valence-electron chi connectivity index (χ4n) is 5.32. The van der Waals surface area contributed by atoms with Gasteiger partial charge in [-0.25, -0.2) is 4.39 Å². The van der Waals surface area contributed by atoms with Crippen LogP contribution in [0.5, 0.6) is 0 Å². The third kappa shape index (κ3) is 11.3. The molecule has 0 saturated heterocycles. The van der Waals surface area contributed by atoms with E-state index in [1.807, 2.05) is 0 Å². The number of nitrogens with one attached hydrogen (secondary N) is 1. The van der Waals surface area contributed by atoms with E-state index in [9.17, 15) is 22.4 Å². The lowest BCUT2D eigenvalue weighted by Gasteiger charge is -2.32. The fraction of sp³-hybridized carbons (Fsp3) is 0.545. The molecular formula is C33H43Cl2F4NO. The third-order valence-corrected chi connectivity index (χ3v) is 8.56. The maximum Gasteiger partial charge on any atom is 0.412 e. The molecule has 0 aliphatic heterocycles. The summed E-state index contributed by atoms with van der Waals surface area (Å²) in [4.78, 5) is 13.6. The van der Waals surface area contributed by atoms with Gasteiger partial charge in [0.15, 0.2) is 6.04 Å². The van der Waals surface area contributed by atoms with Crippen molar-refractivity contribution in [3.05, 3.63) is 81.6 Å². The minimum absolute atomic E-state index is 0.225. The van der Waals surface area contributed by atoms with E-state index >= 15 is 0 Å².